The van der Waals surface area contributed by atoms with Gasteiger partial charge in [-0.1, -0.05) is 13.8 Å². The van der Waals surface area contributed by atoms with E-state index in [9.17, 15) is 4.79 Å². The Morgan fingerprint density at radius 2 is 2.07 bits per heavy atom. The van der Waals surface area contributed by atoms with Crippen LogP contribution in [0.1, 0.15) is 33.1 Å². The van der Waals surface area contributed by atoms with Crippen LogP contribution < -0.4 is 16.8 Å². The Labute approximate surface area is 86.4 Å². The summed E-state index contributed by atoms with van der Waals surface area (Å²) in [4.78, 5) is 11.2. The Bertz CT molecular complexity index is 159. The number of carbonyl (C=O) groups excluding carboxylic acids is 1. The quantitative estimate of drug-likeness (QED) is 0.551. The van der Waals surface area contributed by atoms with Crippen molar-refractivity contribution in [3.63, 3.8) is 0 Å². The van der Waals surface area contributed by atoms with Gasteiger partial charge in [-0.2, -0.15) is 0 Å². The summed E-state index contributed by atoms with van der Waals surface area (Å²) in [6.07, 6.45) is 2.36. The molecule has 0 spiro atoms. The van der Waals surface area contributed by atoms with Gasteiger partial charge in [-0.25, -0.2) is 0 Å². The monoisotopic (exact) mass is 201 g/mol. The van der Waals surface area contributed by atoms with Crippen molar-refractivity contribution in [3.8, 4) is 0 Å². The normalized spacial score (nSPS) is 12.9. The van der Waals surface area contributed by atoms with Crippen LogP contribution in [0.4, 0.5) is 0 Å². The van der Waals surface area contributed by atoms with Gasteiger partial charge < -0.3 is 16.8 Å². The molecule has 0 saturated heterocycles. The minimum absolute atomic E-state index is 0.0367. The van der Waals surface area contributed by atoms with Gasteiger partial charge in [-0.05, 0) is 25.3 Å². The van der Waals surface area contributed by atoms with E-state index in [1.165, 1.54) is 0 Å². The van der Waals surface area contributed by atoms with Gasteiger partial charge in [0.15, 0.2) is 0 Å². The molecule has 0 aliphatic rings. The zero-order chi connectivity index (χ0) is 11.0. The topological polar surface area (TPSA) is 81.1 Å². The lowest BCUT2D eigenvalue weighted by Crippen LogP contribution is -2.37. The lowest BCUT2D eigenvalue weighted by molar-refractivity contribution is -0.121. The van der Waals surface area contributed by atoms with Crippen molar-refractivity contribution in [2.75, 3.05) is 13.1 Å². The van der Waals surface area contributed by atoms with E-state index >= 15 is 0 Å². The highest BCUT2D eigenvalue weighted by atomic mass is 16.1. The predicted octanol–water partition coefficient (Wildman–Crippen LogP) is 0.215. The highest BCUT2D eigenvalue weighted by molar-refractivity contribution is 5.76. The van der Waals surface area contributed by atoms with Gasteiger partial charge in [0.1, 0.15) is 0 Å². The summed E-state index contributed by atoms with van der Waals surface area (Å²) in [6, 6.07) is 0.0367. The Morgan fingerprint density at radius 1 is 1.43 bits per heavy atom. The second-order valence-corrected chi connectivity index (χ2v) is 4.09. The molecule has 0 aromatic rings. The Hall–Kier alpha value is -0.610. The molecular formula is C10H23N3O. The van der Waals surface area contributed by atoms with E-state index in [2.05, 4.69) is 5.32 Å². The summed E-state index contributed by atoms with van der Waals surface area (Å²) in [5, 5.41) is 2.82. The molecule has 1 amide bonds. The third-order valence-corrected chi connectivity index (χ3v) is 1.93. The molecule has 0 aliphatic heterocycles. The number of nitrogens with one attached hydrogen (secondary N) is 1. The predicted molar refractivity (Wildman–Crippen MR) is 58.7 cm³/mol. The van der Waals surface area contributed by atoms with E-state index < -0.39 is 0 Å². The number of rotatable bonds is 7. The second-order valence-electron chi connectivity index (χ2n) is 4.09. The highest BCUT2D eigenvalue weighted by Gasteiger charge is 2.06. The van der Waals surface area contributed by atoms with Gasteiger partial charge in [0.2, 0.25) is 5.91 Å². The molecule has 0 saturated carbocycles. The fourth-order valence-electron chi connectivity index (χ4n) is 1.17. The third kappa shape index (κ3) is 8.01. The summed E-state index contributed by atoms with van der Waals surface area (Å²) in [7, 11) is 0. The van der Waals surface area contributed by atoms with E-state index in [4.69, 9.17) is 11.5 Å². The summed E-state index contributed by atoms with van der Waals surface area (Å²) < 4.78 is 0. The number of nitrogens with two attached hydrogens (primary N) is 2. The molecule has 5 N–H and O–H groups in total. The second kappa shape index (κ2) is 7.76. The maximum atomic E-state index is 11.2. The van der Waals surface area contributed by atoms with Gasteiger partial charge in [0.05, 0.1) is 0 Å². The fourth-order valence-corrected chi connectivity index (χ4v) is 1.17. The number of hydrogen-bond acceptors (Lipinski definition) is 3. The fraction of sp³-hybridized carbons (Fsp3) is 0.900. The average Bonchev–Trinajstić information content (AvgIpc) is 2.10. The first kappa shape index (κ1) is 13.4. The van der Waals surface area contributed by atoms with Crippen molar-refractivity contribution in [2.45, 2.75) is 39.2 Å². The number of carbonyl (C=O) groups is 1. The Kier molecular flexibility index (Phi) is 7.42. The summed E-state index contributed by atoms with van der Waals surface area (Å²) >= 11 is 0. The van der Waals surface area contributed by atoms with E-state index in [-0.39, 0.29) is 11.9 Å². The Morgan fingerprint density at radius 3 is 2.57 bits per heavy atom. The number of hydrogen-bond donors (Lipinski definition) is 3. The maximum absolute atomic E-state index is 11.2. The molecule has 0 aromatic carbocycles. The zero-order valence-corrected chi connectivity index (χ0v) is 9.25. The summed E-state index contributed by atoms with van der Waals surface area (Å²) in [5.74, 6) is 0.485. The molecule has 1 atom stereocenters. The van der Waals surface area contributed by atoms with Crippen molar-refractivity contribution < 1.29 is 4.79 Å². The molecule has 0 aromatic heterocycles. The lowest BCUT2D eigenvalue weighted by atomic mass is 10.1. The Balaban J connectivity index is 3.45. The lowest BCUT2D eigenvalue weighted by Gasteiger charge is -2.12. The van der Waals surface area contributed by atoms with Crippen molar-refractivity contribution in [1.29, 1.82) is 0 Å². The van der Waals surface area contributed by atoms with Crippen molar-refractivity contribution >= 4 is 5.91 Å². The largest absolute Gasteiger partial charge is 0.355 e. The molecule has 0 unspecified atom stereocenters. The first-order valence-corrected chi connectivity index (χ1v) is 5.28. The molecule has 14 heavy (non-hydrogen) atoms. The molecule has 0 radical (unpaired) electrons. The standard InChI is InChI=1S/C10H23N3O/c1-8(2)6-10(14)13-7-9(12)4-3-5-11/h8-9H,3-7,11-12H2,1-2H3,(H,13,14)/t9-/m0/s1. The van der Waals surface area contributed by atoms with Crippen molar-refractivity contribution in [2.24, 2.45) is 17.4 Å². The molecule has 4 heteroatoms. The molecule has 84 valence electrons. The maximum Gasteiger partial charge on any atom is 0.220 e. The van der Waals surface area contributed by atoms with Crippen LogP contribution in [0.5, 0.6) is 0 Å². The smallest absolute Gasteiger partial charge is 0.220 e. The van der Waals surface area contributed by atoms with Gasteiger partial charge in [-0.15, -0.1) is 0 Å². The van der Waals surface area contributed by atoms with Crippen LogP contribution in [0.3, 0.4) is 0 Å². The molecule has 0 aliphatic carbocycles. The van der Waals surface area contributed by atoms with Gasteiger partial charge in [-0.3, -0.25) is 4.79 Å². The van der Waals surface area contributed by atoms with Crippen molar-refractivity contribution in [3.05, 3.63) is 0 Å². The van der Waals surface area contributed by atoms with Gasteiger partial charge >= 0.3 is 0 Å². The molecule has 0 rings (SSSR count). The molecule has 4 nitrogen and oxygen atoms in total. The first-order chi connectivity index (χ1) is 6.56. The van der Waals surface area contributed by atoms with E-state index in [1.54, 1.807) is 0 Å². The first-order valence-electron chi connectivity index (χ1n) is 5.28. The van der Waals surface area contributed by atoms with E-state index in [0.717, 1.165) is 12.8 Å². The minimum atomic E-state index is 0.0367. The van der Waals surface area contributed by atoms with Crippen LogP contribution in [0, 0.1) is 5.92 Å². The van der Waals surface area contributed by atoms with Crippen molar-refractivity contribution in [1.82, 2.24) is 5.32 Å². The van der Waals surface area contributed by atoms with E-state index in [0.29, 0.717) is 25.4 Å². The van der Waals surface area contributed by atoms with Crippen LogP contribution in [0.15, 0.2) is 0 Å². The summed E-state index contributed by atoms with van der Waals surface area (Å²) in [6.45, 7) is 5.26. The van der Waals surface area contributed by atoms with Gasteiger partial charge in [0, 0.05) is 19.0 Å². The molecular weight excluding hydrogens is 178 g/mol. The minimum Gasteiger partial charge on any atom is -0.355 e. The molecule has 0 bridgehead atoms. The highest BCUT2D eigenvalue weighted by Crippen LogP contribution is 1.98. The van der Waals surface area contributed by atoms with Crippen LogP contribution in [-0.4, -0.2) is 25.0 Å². The van der Waals surface area contributed by atoms with Crippen LogP contribution in [0.2, 0.25) is 0 Å². The average molecular weight is 201 g/mol. The molecule has 0 heterocycles. The van der Waals surface area contributed by atoms with Gasteiger partial charge in [0.25, 0.3) is 0 Å². The SMILES string of the molecule is CC(C)CC(=O)NC[C@@H](N)CCCN. The van der Waals surface area contributed by atoms with Crippen LogP contribution >= 0.6 is 0 Å². The third-order valence-electron chi connectivity index (χ3n) is 1.93. The summed E-state index contributed by atoms with van der Waals surface area (Å²) in [5.41, 5.74) is 11.1. The molecule has 0 fully saturated rings. The van der Waals surface area contributed by atoms with Crippen LogP contribution in [0.25, 0.3) is 0 Å². The number of amides is 1. The zero-order valence-electron chi connectivity index (χ0n) is 9.25. The van der Waals surface area contributed by atoms with Crippen LogP contribution in [-0.2, 0) is 4.79 Å². The van der Waals surface area contributed by atoms with E-state index in [1.807, 2.05) is 13.8 Å².